The molecule has 3 unspecified atom stereocenters. The summed E-state index contributed by atoms with van der Waals surface area (Å²) in [5, 5.41) is 0.688. The van der Waals surface area contributed by atoms with Crippen molar-refractivity contribution in [3.8, 4) is 0 Å². The molecule has 0 bridgehead atoms. The van der Waals surface area contributed by atoms with Crippen molar-refractivity contribution in [3.63, 3.8) is 0 Å². The van der Waals surface area contributed by atoms with Crippen molar-refractivity contribution in [2.75, 3.05) is 54.0 Å². The molecule has 0 fully saturated rings. The van der Waals surface area contributed by atoms with Gasteiger partial charge in [-0.2, -0.15) is 52.8 Å². The SMILES string of the molecule is CCCCN(CC(C)S)c1nc(N(CCCC)CC(C)S)nc(N(CCCC)CC(C)S)n1. The van der Waals surface area contributed by atoms with Crippen LogP contribution in [0, 0.1) is 0 Å². The highest BCUT2D eigenvalue weighted by Gasteiger charge is 2.22. The summed E-state index contributed by atoms with van der Waals surface area (Å²) < 4.78 is 0. The molecule has 192 valence electrons. The topological polar surface area (TPSA) is 48.4 Å². The second-order valence-corrected chi connectivity index (χ2v) is 11.8. The first-order valence-corrected chi connectivity index (χ1v) is 14.3. The zero-order valence-corrected chi connectivity index (χ0v) is 24.4. The second kappa shape index (κ2) is 17.0. The molecule has 9 heteroatoms. The van der Waals surface area contributed by atoms with Crippen molar-refractivity contribution in [2.24, 2.45) is 0 Å². The Morgan fingerprint density at radius 3 is 0.970 bits per heavy atom. The molecule has 0 amide bonds. The molecule has 1 rings (SSSR count). The fraction of sp³-hybridized carbons (Fsp3) is 0.875. The van der Waals surface area contributed by atoms with E-state index in [4.69, 9.17) is 15.0 Å². The van der Waals surface area contributed by atoms with Crippen molar-refractivity contribution < 1.29 is 0 Å². The zero-order valence-electron chi connectivity index (χ0n) is 21.7. The highest BCUT2D eigenvalue weighted by atomic mass is 32.1. The molecular formula is C24H48N6S3. The van der Waals surface area contributed by atoms with Crippen molar-refractivity contribution in [3.05, 3.63) is 0 Å². The van der Waals surface area contributed by atoms with Crippen LogP contribution in [0.3, 0.4) is 0 Å². The van der Waals surface area contributed by atoms with Gasteiger partial charge in [0.15, 0.2) is 0 Å². The number of hydrogen-bond donors (Lipinski definition) is 3. The first kappa shape index (κ1) is 30.5. The first-order chi connectivity index (χ1) is 15.7. The van der Waals surface area contributed by atoms with Gasteiger partial charge in [-0.05, 0) is 19.3 Å². The molecule has 0 aliphatic carbocycles. The van der Waals surface area contributed by atoms with Crippen molar-refractivity contribution in [1.82, 2.24) is 15.0 Å². The highest BCUT2D eigenvalue weighted by Crippen LogP contribution is 2.23. The Balaban J connectivity index is 3.53. The minimum atomic E-state index is 0.229. The monoisotopic (exact) mass is 516 g/mol. The number of thiol groups is 3. The molecule has 1 heterocycles. The summed E-state index contributed by atoms with van der Waals surface area (Å²) in [7, 11) is 0. The lowest BCUT2D eigenvalue weighted by Crippen LogP contribution is -2.37. The Morgan fingerprint density at radius 2 is 0.788 bits per heavy atom. The maximum absolute atomic E-state index is 5.00. The number of hydrogen-bond acceptors (Lipinski definition) is 9. The quantitative estimate of drug-likeness (QED) is 0.219. The molecule has 0 radical (unpaired) electrons. The summed E-state index contributed by atoms with van der Waals surface area (Å²) in [5.41, 5.74) is 0. The van der Waals surface area contributed by atoms with Crippen LogP contribution in [-0.4, -0.2) is 70.0 Å². The van der Waals surface area contributed by atoms with Gasteiger partial charge in [-0.25, -0.2) is 0 Å². The van der Waals surface area contributed by atoms with Gasteiger partial charge in [-0.3, -0.25) is 0 Å². The number of anilines is 3. The molecule has 1 aromatic heterocycles. The van der Waals surface area contributed by atoms with Crippen LogP contribution in [0.4, 0.5) is 17.8 Å². The number of nitrogens with zero attached hydrogens (tertiary/aromatic N) is 6. The van der Waals surface area contributed by atoms with E-state index < -0.39 is 0 Å². The fourth-order valence-electron chi connectivity index (χ4n) is 3.59. The van der Waals surface area contributed by atoms with Crippen LogP contribution < -0.4 is 14.7 Å². The largest absolute Gasteiger partial charge is 0.340 e. The highest BCUT2D eigenvalue weighted by molar-refractivity contribution is 7.81. The third-order valence-electron chi connectivity index (χ3n) is 5.25. The van der Waals surface area contributed by atoms with Crippen LogP contribution in [-0.2, 0) is 0 Å². The lowest BCUT2D eigenvalue weighted by atomic mass is 10.3. The predicted molar refractivity (Wildman–Crippen MR) is 157 cm³/mol. The van der Waals surface area contributed by atoms with Crippen molar-refractivity contribution in [2.45, 2.75) is 95.8 Å². The van der Waals surface area contributed by atoms with Gasteiger partial charge in [0.1, 0.15) is 0 Å². The van der Waals surface area contributed by atoms with Gasteiger partial charge in [-0.1, -0.05) is 60.8 Å². The van der Waals surface area contributed by atoms with Crippen LogP contribution in [0.15, 0.2) is 0 Å². The summed E-state index contributed by atoms with van der Waals surface area (Å²) in [6, 6.07) is 0. The molecule has 0 aromatic carbocycles. The number of unbranched alkanes of at least 4 members (excludes halogenated alkanes) is 3. The summed E-state index contributed by atoms with van der Waals surface area (Å²) in [5.74, 6) is 2.27. The summed E-state index contributed by atoms with van der Waals surface area (Å²) >= 11 is 14.0. The minimum Gasteiger partial charge on any atom is -0.340 e. The van der Waals surface area contributed by atoms with E-state index in [0.29, 0.717) is 0 Å². The summed E-state index contributed by atoms with van der Waals surface area (Å²) in [4.78, 5) is 21.8. The summed E-state index contributed by atoms with van der Waals surface area (Å²) in [6.45, 7) is 18.2. The Morgan fingerprint density at radius 1 is 0.545 bits per heavy atom. The molecule has 0 aliphatic heterocycles. The lowest BCUT2D eigenvalue weighted by Gasteiger charge is -2.30. The van der Waals surface area contributed by atoms with Crippen LogP contribution in [0.2, 0.25) is 0 Å². The van der Waals surface area contributed by atoms with Crippen LogP contribution in [0.5, 0.6) is 0 Å². The van der Waals surface area contributed by atoms with Crippen molar-refractivity contribution in [1.29, 1.82) is 0 Å². The molecule has 0 spiro atoms. The van der Waals surface area contributed by atoms with E-state index in [0.717, 1.165) is 95.6 Å². The Labute approximate surface area is 219 Å². The van der Waals surface area contributed by atoms with E-state index in [2.05, 4.69) is 94.1 Å². The van der Waals surface area contributed by atoms with E-state index in [9.17, 15) is 0 Å². The molecule has 0 saturated carbocycles. The molecule has 6 nitrogen and oxygen atoms in total. The molecule has 3 atom stereocenters. The second-order valence-electron chi connectivity index (χ2n) is 9.18. The van der Waals surface area contributed by atoms with E-state index in [1.807, 2.05) is 0 Å². The van der Waals surface area contributed by atoms with Gasteiger partial charge in [-0.15, -0.1) is 0 Å². The van der Waals surface area contributed by atoms with Crippen LogP contribution >= 0.6 is 37.9 Å². The Kier molecular flexibility index (Phi) is 15.7. The fourth-order valence-corrected chi connectivity index (χ4v) is 4.18. The molecular weight excluding hydrogens is 469 g/mol. The smallest absolute Gasteiger partial charge is 0.232 e. The average molecular weight is 517 g/mol. The molecule has 1 aromatic rings. The van der Waals surface area contributed by atoms with Gasteiger partial charge < -0.3 is 14.7 Å². The molecule has 0 N–H and O–H groups in total. The van der Waals surface area contributed by atoms with Crippen LogP contribution in [0.1, 0.15) is 80.1 Å². The van der Waals surface area contributed by atoms with Crippen LogP contribution in [0.25, 0.3) is 0 Å². The van der Waals surface area contributed by atoms with E-state index in [-0.39, 0.29) is 15.7 Å². The number of aromatic nitrogens is 3. The van der Waals surface area contributed by atoms with E-state index >= 15 is 0 Å². The molecule has 33 heavy (non-hydrogen) atoms. The van der Waals surface area contributed by atoms with Gasteiger partial charge >= 0.3 is 0 Å². The third kappa shape index (κ3) is 12.1. The van der Waals surface area contributed by atoms with Gasteiger partial charge in [0.2, 0.25) is 17.8 Å². The Hall–Kier alpha value is -0.540. The molecule has 0 saturated heterocycles. The third-order valence-corrected chi connectivity index (χ3v) is 5.74. The first-order valence-electron chi connectivity index (χ1n) is 12.8. The standard InChI is InChI=1S/C24H48N6S3/c1-7-10-13-28(16-19(4)31)22-25-23(29(14-11-8-2)17-20(5)32)27-24(26-22)30(15-12-9-3)18-21(6)33/h19-21,31-33H,7-18H2,1-6H3. The van der Waals surface area contributed by atoms with E-state index in [1.165, 1.54) is 0 Å². The average Bonchev–Trinajstić information content (AvgIpc) is 2.75. The molecule has 0 aliphatic rings. The Bertz CT molecular complexity index is 547. The zero-order chi connectivity index (χ0) is 24.8. The van der Waals surface area contributed by atoms with Gasteiger partial charge in [0.25, 0.3) is 0 Å². The maximum Gasteiger partial charge on any atom is 0.232 e. The summed E-state index contributed by atoms with van der Waals surface area (Å²) in [6.07, 6.45) is 6.66. The van der Waals surface area contributed by atoms with Crippen molar-refractivity contribution >= 4 is 55.7 Å². The number of rotatable bonds is 18. The lowest BCUT2D eigenvalue weighted by molar-refractivity contribution is 0.655. The normalized spacial score (nSPS) is 14.1. The predicted octanol–water partition coefficient (Wildman–Crippen LogP) is 5.65. The minimum absolute atomic E-state index is 0.229. The van der Waals surface area contributed by atoms with E-state index in [1.54, 1.807) is 0 Å². The van der Waals surface area contributed by atoms with Gasteiger partial charge in [0, 0.05) is 55.0 Å². The maximum atomic E-state index is 5.00. The van der Waals surface area contributed by atoms with Gasteiger partial charge in [0.05, 0.1) is 0 Å².